The summed E-state index contributed by atoms with van der Waals surface area (Å²) in [6.07, 6.45) is 6.96. The first-order valence-electron chi connectivity index (χ1n) is 5.15. The summed E-state index contributed by atoms with van der Waals surface area (Å²) in [6, 6.07) is 0.421. The molecule has 0 saturated heterocycles. The molecule has 1 N–H and O–H groups in total. The van der Waals surface area contributed by atoms with Crippen molar-refractivity contribution in [2.75, 3.05) is 0 Å². The van der Waals surface area contributed by atoms with Crippen molar-refractivity contribution in [1.29, 1.82) is 0 Å². The summed E-state index contributed by atoms with van der Waals surface area (Å²) in [6.45, 7) is 3.89. The monoisotopic (exact) mass is 179 g/mol. The Bertz CT molecular complexity index is 244. The van der Waals surface area contributed by atoms with Crippen molar-refractivity contribution in [2.45, 2.75) is 32.7 Å². The zero-order chi connectivity index (χ0) is 9.42. The van der Waals surface area contributed by atoms with Crippen LogP contribution in [0, 0.1) is 17.8 Å². The predicted molar refractivity (Wildman–Crippen MR) is 52.1 cm³/mol. The van der Waals surface area contributed by atoms with Crippen LogP contribution in [0.4, 0.5) is 0 Å². The van der Waals surface area contributed by atoms with Gasteiger partial charge in [-0.3, -0.25) is 4.79 Å². The number of hydrogen-bond acceptors (Lipinski definition) is 1. The fourth-order valence-corrected chi connectivity index (χ4v) is 2.30. The number of rotatable bonds is 2. The Labute approximate surface area is 79.4 Å². The van der Waals surface area contributed by atoms with E-state index in [1.165, 1.54) is 6.42 Å². The number of nitrogens with one attached hydrogen (secondary N) is 1. The molecule has 1 amide bonds. The van der Waals surface area contributed by atoms with Crippen LogP contribution in [-0.4, -0.2) is 11.9 Å². The second-order valence-corrected chi connectivity index (χ2v) is 4.55. The first-order valence-corrected chi connectivity index (χ1v) is 5.15. The molecule has 0 aromatic rings. The minimum Gasteiger partial charge on any atom is -0.353 e. The molecule has 1 saturated carbocycles. The lowest BCUT2D eigenvalue weighted by molar-refractivity contribution is -0.124. The molecule has 1 fully saturated rings. The zero-order valence-electron chi connectivity index (χ0n) is 8.29. The van der Waals surface area contributed by atoms with Gasteiger partial charge < -0.3 is 5.32 Å². The number of carbonyl (C=O) groups excluding carboxylic acids is 1. The van der Waals surface area contributed by atoms with Crippen molar-refractivity contribution in [2.24, 2.45) is 17.8 Å². The molecule has 2 heteroatoms. The van der Waals surface area contributed by atoms with Gasteiger partial charge in [-0.2, -0.15) is 0 Å². The van der Waals surface area contributed by atoms with Crippen LogP contribution in [0.25, 0.3) is 0 Å². The molecule has 2 bridgehead atoms. The fraction of sp³-hybridized carbons (Fsp3) is 0.727. The van der Waals surface area contributed by atoms with Gasteiger partial charge in [0.1, 0.15) is 0 Å². The SMILES string of the molecule is CC(C)C(=O)NC1CC2C=CC1C2. The molecule has 3 atom stereocenters. The Morgan fingerprint density at radius 2 is 2.15 bits per heavy atom. The van der Waals surface area contributed by atoms with Crippen molar-refractivity contribution >= 4 is 5.91 Å². The van der Waals surface area contributed by atoms with Gasteiger partial charge in [0.2, 0.25) is 5.91 Å². The second kappa shape index (κ2) is 3.17. The van der Waals surface area contributed by atoms with Crippen LogP contribution in [0.1, 0.15) is 26.7 Å². The third kappa shape index (κ3) is 1.62. The number of carbonyl (C=O) groups is 1. The average Bonchev–Trinajstić information content (AvgIpc) is 2.64. The van der Waals surface area contributed by atoms with E-state index in [0.717, 1.165) is 12.3 Å². The van der Waals surface area contributed by atoms with Gasteiger partial charge in [0.25, 0.3) is 0 Å². The summed E-state index contributed by atoms with van der Waals surface area (Å²) in [5.74, 6) is 1.67. The van der Waals surface area contributed by atoms with E-state index in [-0.39, 0.29) is 11.8 Å². The Morgan fingerprint density at radius 3 is 2.62 bits per heavy atom. The number of hydrogen-bond donors (Lipinski definition) is 1. The van der Waals surface area contributed by atoms with Crippen molar-refractivity contribution < 1.29 is 4.79 Å². The van der Waals surface area contributed by atoms with Gasteiger partial charge in [-0.1, -0.05) is 26.0 Å². The molecular weight excluding hydrogens is 162 g/mol. The zero-order valence-corrected chi connectivity index (χ0v) is 8.29. The van der Waals surface area contributed by atoms with Gasteiger partial charge in [-0.15, -0.1) is 0 Å². The number of fused-ring (bicyclic) bond motifs is 2. The van der Waals surface area contributed by atoms with Gasteiger partial charge in [-0.25, -0.2) is 0 Å². The lowest BCUT2D eigenvalue weighted by Crippen LogP contribution is -2.39. The second-order valence-electron chi connectivity index (χ2n) is 4.55. The van der Waals surface area contributed by atoms with E-state index in [1.54, 1.807) is 0 Å². The quantitative estimate of drug-likeness (QED) is 0.642. The summed E-state index contributed by atoms with van der Waals surface area (Å²) in [4.78, 5) is 11.4. The molecule has 72 valence electrons. The minimum absolute atomic E-state index is 0.114. The maximum Gasteiger partial charge on any atom is 0.222 e. The molecule has 2 nitrogen and oxygen atoms in total. The van der Waals surface area contributed by atoms with E-state index in [1.807, 2.05) is 13.8 Å². The van der Waals surface area contributed by atoms with Crippen LogP contribution < -0.4 is 5.32 Å². The number of amides is 1. The first-order chi connectivity index (χ1) is 6.16. The van der Waals surface area contributed by atoms with E-state index in [2.05, 4.69) is 17.5 Å². The highest BCUT2D eigenvalue weighted by Gasteiger charge is 2.36. The fourth-order valence-electron chi connectivity index (χ4n) is 2.30. The third-order valence-corrected chi connectivity index (χ3v) is 3.13. The molecule has 3 unspecified atom stereocenters. The smallest absolute Gasteiger partial charge is 0.222 e. The number of allylic oxidation sites excluding steroid dienone is 1. The highest BCUT2D eigenvalue weighted by molar-refractivity contribution is 5.78. The molecule has 2 aliphatic carbocycles. The van der Waals surface area contributed by atoms with Crippen LogP contribution in [0.3, 0.4) is 0 Å². The average molecular weight is 179 g/mol. The Morgan fingerprint density at radius 1 is 1.38 bits per heavy atom. The van der Waals surface area contributed by atoms with Gasteiger partial charge in [0.05, 0.1) is 0 Å². The van der Waals surface area contributed by atoms with E-state index >= 15 is 0 Å². The van der Waals surface area contributed by atoms with Gasteiger partial charge in [0, 0.05) is 12.0 Å². The molecule has 0 heterocycles. The lowest BCUT2D eigenvalue weighted by Gasteiger charge is -2.20. The topological polar surface area (TPSA) is 29.1 Å². The van der Waals surface area contributed by atoms with E-state index < -0.39 is 0 Å². The molecule has 2 rings (SSSR count). The predicted octanol–water partition coefficient (Wildman–Crippen LogP) is 1.72. The van der Waals surface area contributed by atoms with Crippen molar-refractivity contribution in [3.8, 4) is 0 Å². The van der Waals surface area contributed by atoms with Crippen molar-refractivity contribution in [3.05, 3.63) is 12.2 Å². The van der Waals surface area contributed by atoms with Crippen LogP contribution in [0.2, 0.25) is 0 Å². The summed E-state index contributed by atoms with van der Waals surface area (Å²) in [7, 11) is 0. The van der Waals surface area contributed by atoms with Gasteiger partial charge in [0.15, 0.2) is 0 Å². The van der Waals surface area contributed by atoms with E-state index in [0.29, 0.717) is 12.0 Å². The Balaban J connectivity index is 1.90. The van der Waals surface area contributed by atoms with Crippen LogP contribution in [0.5, 0.6) is 0 Å². The van der Waals surface area contributed by atoms with Crippen molar-refractivity contribution in [1.82, 2.24) is 5.32 Å². The van der Waals surface area contributed by atoms with E-state index in [4.69, 9.17) is 0 Å². The summed E-state index contributed by atoms with van der Waals surface area (Å²) >= 11 is 0. The molecule has 13 heavy (non-hydrogen) atoms. The van der Waals surface area contributed by atoms with Crippen LogP contribution >= 0.6 is 0 Å². The summed E-state index contributed by atoms with van der Waals surface area (Å²) < 4.78 is 0. The van der Waals surface area contributed by atoms with E-state index in [9.17, 15) is 4.79 Å². The van der Waals surface area contributed by atoms with Gasteiger partial charge in [-0.05, 0) is 24.7 Å². The summed E-state index contributed by atoms with van der Waals surface area (Å²) in [5, 5.41) is 3.12. The maximum absolute atomic E-state index is 11.4. The lowest BCUT2D eigenvalue weighted by atomic mass is 10.0. The maximum atomic E-state index is 11.4. The Kier molecular flexibility index (Phi) is 2.14. The standard InChI is InChI=1S/C11H17NO/c1-7(2)11(13)12-10-6-8-3-4-9(10)5-8/h3-4,7-10H,5-6H2,1-2H3,(H,12,13). The normalized spacial score (nSPS) is 35.8. The highest BCUT2D eigenvalue weighted by atomic mass is 16.1. The summed E-state index contributed by atoms with van der Waals surface area (Å²) in [5.41, 5.74) is 0. The molecule has 0 aromatic carbocycles. The highest BCUT2D eigenvalue weighted by Crippen LogP contribution is 2.38. The minimum atomic E-state index is 0.114. The third-order valence-electron chi connectivity index (χ3n) is 3.13. The molecule has 0 radical (unpaired) electrons. The first kappa shape index (κ1) is 8.79. The molecule has 2 aliphatic rings. The van der Waals surface area contributed by atoms with Gasteiger partial charge >= 0.3 is 0 Å². The molecule has 0 spiro atoms. The van der Waals surface area contributed by atoms with Crippen LogP contribution in [0.15, 0.2) is 12.2 Å². The Hall–Kier alpha value is -0.790. The van der Waals surface area contributed by atoms with Crippen LogP contribution in [-0.2, 0) is 4.79 Å². The largest absolute Gasteiger partial charge is 0.353 e. The molecule has 0 aromatic heterocycles. The van der Waals surface area contributed by atoms with Crippen molar-refractivity contribution in [3.63, 3.8) is 0 Å². The molecule has 0 aliphatic heterocycles. The molecular formula is C11H17NO.